The maximum Gasteiger partial charge on any atom is 0.260 e. The van der Waals surface area contributed by atoms with Crippen LogP contribution in [0.15, 0.2) is 33.0 Å². The van der Waals surface area contributed by atoms with Crippen LogP contribution < -0.4 is 5.56 Å². The average molecular weight is 369 g/mol. The van der Waals surface area contributed by atoms with Crippen molar-refractivity contribution in [3.05, 3.63) is 40.0 Å². The van der Waals surface area contributed by atoms with E-state index in [0.29, 0.717) is 5.39 Å². The van der Waals surface area contributed by atoms with Crippen LogP contribution >= 0.6 is 11.3 Å². The highest BCUT2D eigenvalue weighted by Crippen LogP contribution is 2.36. The average Bonchev–Trinajstić information content (AvgIpc) is 3.31. The summed E-state index contributed by atoms with van der Waals surface area (Å²) in [5.41, 5.74) is 0.767. The van der Waals surface area contributed by atoms with E-state index in [-0.39, 0.29) is 5.56 Å². The van der Waals surface area contributed by atoms with Crippen LogP contribution in [0.25, 0.3) is 21.5 Å². The van der Waals surface area contributed by atoms with Crippen molar-refractivity contribution in [1.82, 2.24) is 14.9 Å². The van der Waals surface area contributed by atoms with E-state index >= 15 is 0 Å². The zero-order chi connectivity index (χ0) is 17.5. The molecule has 2 fully saturated rings. The normalized spacial score (nSPS) is 24.0. The van der Waals surface area contributed by atoms with Gasteiger partial charge in [-0.25, -0.2) is 4.98 Å². The molecule has 1 saturated heterocycles. The number of aromatic nitrogens is 2. The molecule has 4 heterocycles. The third-order valence-electron chi connectivity index (χ3n) is 6.03. The zero-order valence-corrected chi connectivity index (χ0v) is 15.6. The number of nitrogens with one attached hydrogen (secondary N) is 1. The van der Waals surface area contributed by atoms with E-state index in [1.165, 1.54) is 43.4 Å². The molecular formula is C20H23N3O2S. The molecule has 26 heavy (non-hydrogen) atoms. The molecule has 0 aromatic carbocycles. The van der Waals surface area contributed by atoms with Gasteiger partial charge in [-0.2, -0.15) is 0 Å². The van der Waals surface area contributed by atoms with Gasteiger partial charge in [-0.3, -0.25) is 9.69 Å². The first-order chi connectivity index (χ1) is 12.8. The van der Waals surface area contributed by atoms with Crippen LogP contribution in [-0.2, 0) is 6.54 Å². The summed E-state index contributed by atoms with van der Waals surface area (Å²) in [6.07, 6.45) is 8.47. The lowest BCUT2D eigenvalue weighted by atomic mass is 9.75. The topological polar surface area (TPSA) is 62.1 Å². The van der Waals surface area contributed by atoms with Crippen molar-refractivity contribution < 1.29 is 4.42 Å². The Bertz CT molecular complexity index is 959. The van der Waals surface area contributed by atoms with Crippen molar-refractivity contribution in [3.8, 4) is 11.3 Å². The number of thiophene rings is 1. The second kappa shape index (κ2) is 6.67. The second-order valence-corrected chi connectivity index (χ2v) is 8.51. The van der Waals surface area contributed by atoms with Gasteiger partial charge in [-0.1, -0.05) is 19.3 Å². The summed E-state index contributed by atoms with van der Waals surface area (Å²) < 4.78 is 5.46. The van der Waals surface area contributed by atoms with Gasteiger partial charge in [-0.15, -0.1) is 11.3 Å². The maximum atomic E-state index is 12.7. The molecule has 0 bridgehead atoms. The van der Waals surface area contributed by atoms with Gasteiger partial charge in [0.05, 0.1) is 18.2 Å². The number of aromatic amines is 1. The van der Waals surface area contributed by atoms with Crippen LogP contribution in [0.2, 0.25) is 0 Å². The second-order valence-electron chi connectivity index (χ2n) is 7.65. The standard InChI is InChI=1S/C20H23N3O2S/c24-19-18-15(16-6-3-9-25-16)12-26-20(18)22-17(21-19)11-23-8-7-13-4-1-2-5-14(13)10-23/h3,6,9,12-14H,1-2,4-5,7-8,10-11H2,(H,21,22,24)/t13-,14+/m0/s1. The van der Waals surface area contributed by atoms with Crippen molar-refractivity contribution in [2.24, 2.45) is 11.8 Å². The van der Waals surface area contributed by atoms with Crippen molar-refractivity contribution in [2.45, 2.75) is 38.6 Å². The van der Waals surface area contributed by atoms with Crippen LogP contribution in [0.4, 0.5) is 0 Å². The SMILES string of the molecule is O=c1[nH]c(CN2CC[C@@H]3CCCC[C@@H]3C2)nc2scc(-c3ccco3)c12. The Balaban J connectivity index is 1.39. The van der Waals surface area contributed by atoms with Crippen molar-refractivity contribution in [3.63, 3.8) is 0 Å². The summed E-state index contributed by atoms with van der Waals surface area (Å²) >= 11 is 1.51. The monoisotopic (exact) mass is 369 g/mol. The van der Waals surface area contributed by atoms with Gasteiger partial charge in [0.2, 0.25) is 0 Å². The number of rotatable bonds is 3. The highest BCUT2D eigenvalue weighted by molar-refractivity contribution is 7.17. The number of fused-ring (bicyclic) bond motifs is 2. The van der Waals surface area contributed by atoms with Gasteiger partial charge in [-0.05, 0) is 43.4 Å². The Labute approximate surface area is 156 Å². The summed E-state index contributed by atoms with van der Waals surface area (Å²) in [6, 6.07) is 3.72. The Morgan fingerprint density at radius 1 is 1.27 bits per heavy atom. The van der Waals surface area contributed by atoms with Crippen molar-refractivity contribution in [2.75, 3.05) is 13.1 Å². The Morgan fingerprint density at radius 2 is 2.15 bits per heavy atom. The first-order valence-electron chi connectivity index (χ1n) is 9.54. The van der Waals surface area contributed by atoms with E-state index in [0.717, 1.165) is 53.4 Å². The molecule has 1 aliphatic heterocycles. The lowest BCUT2D eigenvalue weighted by molar-refractivity contribution is 0.0803. The zero-order valence-electron chi connectivity index (χ0n) is 14.7. The van der Waals surface area contributed by atoms with E-state index < -0.39 is 0 Å². The molecule has 5 rings (SSSR count). The fourth-order valence-electron chi connectivity index (χ4n) is 4.71. The number of likely N-dealkylation sites (tertiary alicyclic amines) is 1. The minimum Gasteiger partial charge on any atom is -0.464 e. The molecule has 136 valence electrons. The van der Waals surface area contributed by atoms with Crippen LogP contribution in [0.1, 0.15) is 37.9 Å². The van der Waals surface area contributed by atoms with E-state index in [1.54, 1.807) is 6.26 Å². The molecule has 1 saturated carbocycles. The summed E-state index contributed by atoms with van der Waals surface area (Å²) in [6.45, 7) is 3.00. The predicted molar refractivity (Wildman–Crippen MR) is 103 cm³/mol. The molecule has 0 unspecified atom stereocenters. The van der Waals surface area contributed by atoms with Crippen LogP contribution in [0.3, 0.4) is 0 Å². The number of piperidine rings is 1. The van der Waals surface area contributed by atoms with Gasteiger partial charge >= 0.3 is 0 Å². The van der Waals surface area contributed by atoms with Crippen molar-refractivity contribution >= 4 is 21.6 Å². The molecule has 1 aliphatic carbocycles. The molecule has 6 heteroatoms. The number of hydrogen-bond acceptors (Lipinski definition) is 5. The molecule has 3 aromatic heterocycles. The largest absolute Gasteiger partial charge is 0.464 e. The minimum absolute atomic E-state index is 0.0646. The molecule has 1 N–H and O–H groups in total. The predicted octanol–water partition coefficient (Wildman–Crippen LogP) is 4.26. The summed E-state index contributed by atoms with van der Waals surface area (Å²) in [4.78, 5) is 23.7. The first kappa shape index (κ1) is 16.3. The Kier molecular flexibility index (Phi) is 4.17. The lowest BCUT2D eigenvalue weighted by Crippen LogP contribution is -2.41. The molecule has 0 radical (unpaired) electrons. The molecule has 0 spiro atoms. The third kappa shape index (κ3) is 2.91. The highest BCUT2D eigenvalue weighted by atomic mass is 32.1. The quantitative estimate of drug-likeness (QED) is 0.749. The van der Waals surface area contributed by atoms with Gasteiger partial charge < -0.3 is 9.40 Å². The van der Waals surface area contributed by atoms with Gasteiger partial charge in [0, 0.05) is 17.5 Å². The van der Waals surface area contributed by atoms with Crippen molar-refractivity contribution in [1.29, 1.82) is 0 Å². The van der Waals surface area contributed by atoms with E-state index in [4.69, 9.17) is 9.40 Å². The molecule has 3 aromatic rings. The maximum absolute atomic E-state index is 12.7. The number of H-pyrrole nitrogens is 1. The Morgan fingerprint density at radius 3 is 3.00 bits per heavy atom. The fourth-order valence-corrected chi connectivity index (χ4v) is 5.66. The molecule has 2 atom stereocenters. The lowest BCUT2D eigenvalue weighted by Gasteiger charge is -2.41. The minimum atomic E-state index is -0.0646. The smallest absolute Gasteiger partial charge is 0.260 e. The number of hydrogen-bond donors (Lipinski definition) is 1. The fraction of sp³-hybridized carbons (Fsp3) is 0.500. The Hall–Kier alpha value is -1.92. The van der Waals surface area contributed by atoms with Gasteiger partial charge in [0.1, 0.15) is 16.4 Å². The van der Waals surface area contributed by atoms with Crippen LogP contribution in [0, 0.1) is 11.8 Å². The van der Waals surface area contributed by atoms with Gasteiger partial charge in [0.25, 0.3) is 5.56 Å². The summed E-state index contributed by atoms with van der Waals surface area (Å²) in [5.74, 6) is 3.25. The molecule has 5 nitrogen and oxygen atoms in total. The molecule has 2 aliphatic rings. The van der Waals surface area contributed by atoms with Crippen LogP contribution in [0.5, 0.6) is 0 Å². The van der Waals surface area contributed by atoms with Gasteiger partial charge in [0.15, 0.2) is 0 Å². The third-order valence-corrected chi connectivity index (χ3v) is 6.90. The first-order valence-corrected chi connectivity index (χ1v) is 10.4. The van der Waals surface area contributed by atoms with Crippen LogP contribution in [-0.4, -0.2) is 28.0 Å². The molecule has 0 amide bonds. The van der Waals surface area contributed by atoms with E-state index in [2.05, 4.69) is 9.88 Å². The number of nitrogens with zero attached hydrogens (tertiary/aromatic N) is 2. The number of furan rings is 1. The summed E-state index contributed by atoms with van der Waals surface area (Å²) in [7, 11) is 0. The molecular weight excluding hydrogens is 346 g/mol. The summed E-state index contributed by atoms with van der Waals surface area (Å²) in [5, 5.41) is 2.60. The highest BCUT2D eigenvalue weighted by Gasteiger charge is 2.31. The van der Waals surface area contributed by atoms with E-state index in [1.807, 2.05) is 17.5 Å². The van der Waals surface area contributed by atoms with E-state index in [9.17, 15) is 4.79 Å².